The Morgan fingerprint density at radius 3 is 2.81 bits per heavy atom. The number of hydrogen-bond donors (Lipinski definition) is 2. The summed E-state index contributed by atoms with van der Waals surface area (Å²) in [5.74, 6) is -0.145. The molecule has 1 unspecified atom stereocenters. The lowest BCUT2D eigenvalue weighted by Crippen LogP contribution is -2.31. The summed E-state index contributed by atoms with van der Waals surface area (Å²) in [6.45, 7) is 0.151. The number of halogens is 1. The van der Waals surface area contributed by atoms with Crippen molar-refractivity contribution < 1.29 is 14.7 Å². The fourth-order valence-corrected chi connectivity index (χ4v) is 1.60. The Labute approximate surface area is 100 Å². The minimum Gasteiger partial charge on any atom is -0.475 e. The molecular weight excluding hydrogens is 276 g/mol. The summed E-state index contributed by atoms with van der Waals surface area (Å²) in [4.78, 5) is 15.2. The van der Waals surface area contributed by atoms with Crippen molar-refractivity contribution in [1.29, 1.82) is 0 Å². The molecule has 16 heavy (non-hydrogen) atoms. The van der Waals surface area contributed by atoms with E-state index < -0.39 is 11.9 Å². The standard InChI is InChI=1S/C10H9BrN2O3/c11-7-3-1-6(2-4-7)10-12-8(5-16-10)9(14)13-15/h1-4,8,15H,5H2,(H,13,14). The summed E-state index contributed by atoms with van der Waals surface area (Å²) in [6, 6.07) is 6.72. The van der Waals surface area contributed by atoms with E-state index in [9.17, 15) is 4.79 Å². The summed E-state index contributed by atoms with van der Waals surface area (Å²) in [7, 11) is 0. The van der Waals surface area contributed by atoms with E-state index in [2.05, 4.69) is 20.9 Å². The summed E-state index contributed by atoms with van der Waals surface area (Å²) in [6.07, 6.45) is 0. The minimum absolute atomic E-state index is 0.151. The molecule has 0 saturated heterocycles. The molecule has 0 fully saturated rings. The largest absolute Gasteiger partial charge is 0.475 e. The third-order valence-corrected chi connectivity index (χ3v) is 2.68. The minimum atomic E-state index is -0.677. The number of hydroxylamine groups is 1. The second kappa shape index (κ2) is 4.63. The number of hydrogen-bond acceptors (Lipinski definition) is 4. The van der Waals surface area contributed by atoms with Crippen LogP contribution in [0.15, 0.2) is 33.7 Å². The number of amides is 1. The van der Waals surface area contributed by atoms with Gasteiger partial charge >= 0.3 is 0 Å². The van der Waals surface area contributed by atoms with E-state index in [-0.39, 0.29) is 6.61 Å². The van der Waals surface area contributed by atoms with Gasteiger partial charge in [-0.1, -0.05) is 15.9 Å². The lowest BCUT2D eigenvalue weighted by molar-refractivity contribution is -0.130. The van der Waals surface area contributed by atoms with Crippen molar-refractivity contribution in [2.45, 2.75) is 6.04 Å². The van der Waals surface area contributed by atoms with E-state index in [0.29, 0.717) is 5.90 Å². The number of nitrogens with zero attached hydrogens (tertiary/aromatic N) is 1. The molecule has 2 N–H and O–H groups in total. The average molecular weight is 285 g/mol. The number of nitrogens with one attached hydrogen (secondary N) is 1. The molecule has 6 heteroatoms. The monoisotopic (exact) mass is 284 g/mol. The Bertz CT molecular complexity index is 430. The van der Waals surface area contributed by atoms with Crippen molar-refractivity contribution in [1.82, 2.24) is 5.48 Å². The quantitative estimate of drug-likeness (QED) is 0.631. The predicted octanol–water partition coefficient (Wildman–Crippen LogP) is 1.10. The van der Waals surface area contributed by atoms with E-state index in [1.807, 2.05) is 24.3 Å². The zero-order valence-corrected chi connectivity index (χ0v) is 9.77. The Hall–Kier alpha value is -1.40. The summed E-state index contributed by atoms with van der Waals surface area (Å²) < 4.78 is 6.24. The van der Waals surface area contributed by atoms with Gasteiger partial charge in [-0.05, 0) is 24.3 Å². The molecular formula is C10H9BrN2O3. The lowest BCUT2D eigenvalue weighted by atomic mass is 10.2. The zero-order valence-electron chi connectivity index (χ0n) is 8.18. The molecule has 5 nitrogen and oxygen atoms in total. The van der Waals surface area contributed by atoms with Crippen molar-refractivity contribution in [2.24, 2.45) is 4.99 Å². The maximum atomic E-state index is 11.1. The van der Waals surface area contributed by atoms with Gasteiger partial charge in [0.1, 0.15) is 6.61 Å². The highest BCUT2D eigenvalue weighted by Gasteiger charge is 2.26. The van der Waals surface area contributed by atoms with Crippen LogP contribution in [-0.4, -0.2) is 29.7 Å². The molecule has 0 radical (unpaired) electrons. The van der Waals surface area contributed by atoms with E-state index in [4.69, 9.17) is 9.94 Å². The third-order valence-electron chi connectivity index (χ3n) is 2.16. The number of ether oxygens (including phenoxy) is 1. The maximum absolute atomic E-state index is 11.1. The number of carbonyl (C=O) groups excluding carboxylic acids is 1. The summed E-state index contributed by atoms with van der Waals surface area (Å²) in [5.41, 5.74) is 2.36. The molecule has 0 bridgehead atoms. The fraction of sp³-hybridized carbons (Fsp3) is 0.200. The van der Waals surface area contributed by atoms with Gasteiger partial charge in [0, 0.05) is 10.0 Å². The van der Waals surface area contributed by atoms with Crippen molar-refractivity contribution in [3.05, 3.63) is 34.3 Å². The van der Waals surface area contributed by atoms with Gasteiger partial charge in [0.25, 0.3) is 5.91 Å². The molecule has 0 saturated carbocycles. The Morgan fingerprint density at radius 1 is 1.50 bits per heavy atom. The van der Waals surface area contributed by atoms with Crippen LogP contribution in [0.2, 0.25) is 0 Å². The number of benzene rings is 1. The van der Waals surface area contributed by atoms with E-state index in [1.54, 1.807) is 5.48 Å². The van der Waals surface area contributed by atoms with E-state index in [0.717, 1.165) is 10.0 Å². The van der Waals surface area contributed by atoms with Gasteiger partial charge in [-0.3, -0.25) is 10.0 Å². The normalized spacial score (nSPS) is 18.9. The second-order valence-corrected chi connectivity index (χ2v) is 4.16. The topological polar surface area (TPSA) is 70.9 Å². The van der Waals surface area contributed by atoms with Gasteiger partial charge < -0.3 is 4.74 Å². The highest BCUT2D eigenvalue weighted by molar-refractivity contribution is 9.10. The molecule has 84 valence electrons. The van der Waals surface area contributed by atoms with Crippen molar-refractivity contribution in [3.63, 3.8) is 0 Å². The SMILES string of the molecule is O=C(NO)C1COC(c2ccc(Br)cc2)=N1. The zero-order chi connectivity index (χ0) is 11.5. The highest BCUT2D eigenvalue weighted by Crippen LogP contribution is 2.15. The van der Waals surface area contributed by atoms with Crippen LogP contribution >= 0.6 is 15.9 Å². The second-order valence-electron chi connectivity index (χ2n) is 3.24. The third kappa shape index (κ3) is 2.23. The Balaban J connectivity index is 2.17. The molecule has 0 aromatic heterocycles. The molecule has 2 rings (SSSR count). The van der Waals surface area contributed by atoms with Crippen LogP contribution in [0.1, 0.15) is 5.56 Å². The van der Waals surface area contributed by atoms with Gasteiger partial charge in [0.2, 0.25) is 5.90 Å². The first kappa shape index (κ1) is 11.1. The maximum Gasteiger partial charge on any atom is 0.271 e. The number of aliphatic imine (C=N–C) groups is 1. The van der Waals surface area contributed by atoms with Crippen LogP contribution in [0.4, 0.5) is 0 Å². The fourth-order valence-electron chi connectivity index (χ4n) is 1.33. The molecule has 0 aliphatic carbocycles. The van der Waals surface area contributed by atoms with Gasteiger partial charge in [-0.25, -0.2) is 10.5 Å². The Morgan fingerprint density at radius 2 is 2.19 bits per heavy atom. The van der Waals surface area contributed by atoms with E-state index >= 15 is 0 Å². The van der Waals surface area contributed by atoms with Crippen LogP contribution in [0, 0.1) is 0 Å². The van der Waals surface area contributed by atoms with Gasteiger partial charge in [0.05, 0.1) is 0 Å². The smallest absolute Gasteiger partial charge is 0.271 e. The first-order valence-corrected chi connectivity index (χ1v) is 5.40. The average Bonchev–Trinajstić information content (AvgIpc) is 2.78. The molecule has 0 spiro atoms. The molecule has 1 aromatic rings. The van der Waals surface area contributed by atoms with Crippen molar-refractivity contribution in [2.75, 3.05) is 6.61 Å². The summed E-state index contributed by atoms with van der Waals surface area (Å²) >= 11 is 3.32. The molecule has 1 aliphatic rings. The molecule has 1 heterocycles. The number of carbonyl (C=O) groups is 1. The molecule has 1 atom stereocenters. The Kier molecular flexibility index (Phi) is 3.21. The van der Waals surface area contributed by atoms with Gasteiger partial charge in [-0.2, -0.15) is 0 Å². The van der Waals surface area contributed by atoms with Gasteiger partial charge in [-0.15, -0.1) is 0 Å². The molecule has 1 amide bonds. The van der Waals surface area contributed by atoms with Gasteiger partial charge in [0.15, 0.2) is 6.04 Å². The van der Waals surface area contributed by atoms with Crippen LogP contribution in [0.3, 0.4) is 0 Å². The first-order chi connectivity index (χ1) is 7.70. The van der Waals surface area contributed by atoms with E-state index in [1.165, 1.54) is 0 Å². The van der Waals surface area contributed by atoms with Crippen LogP contribution in [-0.2, 0) is 9.53 Å². The molecule has 1 aromatic carbocycles. The van der Waals surface area contributed by atoms with Crippen LogP contribution < -0.4 is 5.48 Å². The van der Waals surface area contributed by atoms with Crippen molar-refractivity contribution >= 4 is 27.7 Å². The number of rotatable bonds is 2. The lowest BCUT2D eigenvalue weighted by Gasteiger charge is -2.00. The molecule has 1 aliphatic heterocycles. The van der Waals surface area contributed by atoms with Crippen LogP contribution in [0.25, 0.3) is 0 Å². The highest BCUT2D eigenvalue weighted by atomic mass is 79.9. The first-order valence-electron chi connectivity index (χ1n) is 4.61. The van der Waals surface area contributed by atoms with Crippen molar-refractivity contribution in [3.8, 4) is 0 Å². The predicted molar refractivity (Wildman–Crippen MR) is 60.3 cm³/mol. The summed E-state index contributed by atoms with van der Waals surface area (Å²) in [5, 5.41) is 8.46. The van der Waals surface area contributed by atoms with Crippen LogP contribution in [0.5, 0.6) is 0 Å².